The molecule has 2 aliphatic rings. The van der Waals surface area contributed by atoms with Gasteiger partial charge in [-0.25, -0.2) is 8.78 Å². The fraction of sp³-hybridized carbons (Fsp3) is 1.00. The molecule has 0 aromatic heterocycles. The summed E-state index contributed by atoms with van der Waals surface area (Å²) in [4.78, 5) is 0. The van der Waals surface area contributed by atoms with E-state index in [-0.39, 0.29) is 12.8 Å². The van der Waals surface area contributed by atoms with Gasteiger partial charge in [-0.1, -0.05) is 19.2 Å². The van der Waals surface area contributed by atoms with Gasteiger partial charge in [-0.3, -0.25) is 0 Å². The molecule has 0 heterocycles. The van der Waals surface area contributed by atoms with Crippen LogP contribution in [0.2, 0.25) is 0 Å². The van der Waals surface area contributed by atoms with Crippen LogP contribution in [0.5, 0.6) is 0 Å². The van der Waals surface area contributed by atoms with Crippen molar-refractivity contribution in [2.75, 3.05) is 0 Å². The van der Waals surface area contributed by atoms with E-state index in [1.54, 1.807) is 0 Å². The summed E-state index contributed by atoms with van der Waals surface area (Å²) in [6.45, 7) is 0. The maximum absolute atomic E-state index is 12.7. The topological polar surface area (TPSA) is 0 Å². The molecule has 2 rings (SSSR count). The molecular formula is C8H12F2. The highest BCUT2D eigenvalue weighted by Gasteiger charge is 2.69. The second-order valence-electron chi connectivity index (χ2n) is 3.53. The van der Waals surface area contributed by atoms with E-state index in [4.69, 9.17) is 1.37 Å². The largest absolute Gasteiger partial charge is 0.254 e. The van der Waals surface area contributed by atoms with Crippen LogP contribution >= 0.6 is 0 Å². The van der Waals surface area contributed by atoms with Gasteiger partial charge in [-0.05, 0) is 12.8 Å². The maximum atomic E-state index is 12.7. The van der Waals surface area contributed by atoms with Crippen LogP contribution < -0.4 is 0 Å². The van der Waals surface area contributed by atoms with Crippen LogP contribution in [0.1, 0.15) is 39.9 Å². The first-order chi connectivity index (χ1) is 5.06. The Morgan fingerprint density at radius 1 is 1.20 bits per heavy atom. The van der Waals surface area contributed by atoms with E-state index in [1.165, 1.54) is 0 Å². The number of hydrogen-bond acceptors (Lipinski definition) is 0. The van der Waals surface area contributed by atoms with Crippen molar-refractivity contribution in [3.05, 3.63) is 0 Å². The molecule has 10 heavy (non-hydrogen) atoms. The lowest BCUT2D eigenvalue weighted by Gasteiger charge is -2.20. The molecule has 0 atom stereocenters. The first-order valence-corrected chi connectivity index (χ1v) is 3.86. The lowest BCUT2D eigenvalue weighted by molar-refractivity contribution is 0.0481. The van der Waals surface area contributed by atoms with Crippen LogP contribution in [0.4, 0.5) is 8.78 Å². The Balaban J connectivity index is 2.00. The van der Waals surface area contributed by atoms with Gasteiger partial charge in [0.15, 0.2) is 0 Å². The minimum Gasteiger partial charge on any atom is -0.206 e. The van der Waals surface area contributed by atoms with Crippen molar-refractivity contribution in [2.45, 2.75) is 44.4 Å². The van der Waals surface area contributed by atoms with E-state index in [2.05, 4.69) is 0 Å². The number of halogens is 2. The van der Waals surface area contributed by atoms with Gasteiger partial charge in [-0.2, -0.15) is 0 Å². The summed E-state index contributed by atoms with van der Waals surface area (Å²) in [5, 5.41) is 0. The molecular weight excluding hydrogens is 134 g/mol. The first-order valence-electron chi connectivity index (χ1n) is 4.44. The lowest BCUT2D eigenvalue weighted by atomic mass is 9.86. The summed E-state index contributed by atoms with van der Waals surface area (Å²) in [5.41, 5.74) is -0.648. The second-order valence-corrected chi connectivity index (χ2v) is 3.53. The summed E-state index contributed by atoms with van der Waals surface area (Å²) in [7, 11) is 0. The molecule has 0 bridgehead atoms. The van der Waals surface area contributed by atoms with Crippen molar-refractivity contribution in [3.8, 4) is 0 Å². The molecule has 0 nitrogen and oxygen atoms in total. The van der Waals surface area contributed by atoms with Crippen LogP contribution in [0.15, 0.2) is 0 Å². The van der Waals surface area contributed by atoms with Gasteiger partial charge in [0.2, 0.25) is 0 Å². The summed E-state index contributed by atoms with van der Waals surface area (Å²) in [6.07, 6.45) is 2.53. The van der Waals surface area contributed by atoms with Crippen molar-refractivity contribution in [3.63, 3.8) is 0 Å². The number of hydrogen-bond donors (Lipinski definition) is 0. The van der Waals surface area contributed by atoms with Crippen LogP contribution in [-0.4, -0.2) is 5.92 Å². The lowest BCUT2D eigenvalue weighted by Crippen LogP contribution is -2.14. The molecule has 0 N–H and O–H groups in total. The Morgan fingerprint density at radius 3 is 2.10 bits per heavy atom. The normalized spacial score (nSPS) is 52.6. The third-order valence-corrected chi connectivity index (χ3v) is 2.87. The van der Waals surface area contributed by atoms with Crippen LogP contribution in [0.3, 0.4) is 0 Å². The van der Waals surface area contributed by atoms with E-state index in [9.17, 15) is 8.78 Å². The fourth-order valence-corrected chi connectivity index (χ4v) is 1.95. The summed E-state index contributed by atoms with van der Waals surface area (Å²) < 4.78 is 32.8. The Bertz CT molecular complexity index is 171. The Labute approximate surface area is 61.0 Å². The van der Waals surface area contributed by atoms with E-state index in [0.29, 0.717) is 25.7 Å². The molecule has 2 heteroatoms. The summed E-state index contributed by atoms with van der Waals surface area (Å²) >= 11 is 0. The van der Waals surface area contributed by atoms with Crippen LogP contribution in [0, 0.1) is 5.41 Å². The van der Waals surface area contributed by atoms with E-state index >= 15 is 0 Å². The minimum absolute atomic E-state index is 0.0722. The highest BCUT2D eigenvalue weighted by molar-refractivity contribution is 5.10. The molecule has 0 aromatic carbocycles. The monoisotopic (exact) mass is 147 g/mol. The second kappa shape index (κ2) is 1.72. The number of rotatable bonds is 0. The molecule has 2 saturated carbocycles. The molecule has 0 amide bonds. The van der Waals surface area contributed by atoms with Gasteiger partial charge in [0.25, 0.3) is 5.92 Å². The SMILES string of the molecule is [2H]C1CCC2(CC1)CC2(F)F. The van der Waals surface area contributed by atoms with Crippen LogP contribution in [-0.2, 0) is 0 Å². The molecule has 1 spiro atoms. The molecule has 2 aliphatic carbocycles. The van der Waals surface area contributed by atoms with Gasteiger partial charge in [-0.15, -0.1) is 0 Å². The van der Waals surface area contributed by atoms with Gasteiger partial charge in [0.05, 0.1) is 0 Å². The molecule has 0 aromatic rings. The Morgan fingerprint density at radius 2 is 1.70 bits per heavy atom. The molecule has 0 unspecified atom stereocenters. The number of alkyl halides is 2. The van der Waals surface area contributed by atoms with Crippen molar-refractivity contribution in [1.82, 2.24) is 0 Å². The van der Waals surface area contributed by atoms with Gasteiger partial charge < -0.3 is 0 Å². The predicted octanol–water partition coefficient (Wildman–Crippen LogP) is 2.98. The van der Waals surface area contributed by atoms with Crippen molar-refractivity contribution >= 4 is 0 Å². The quantitative estimate of drug-likeness (QED) is 0.494. The van der Waals surface area contributed by atoms with E-state index in [1.807, 2.05) is 0 Å². The zero-order valence-electron chi connectivity index (χ0n) is 6.87. The summed E-state index contributed by atoms with van der Waals surface area (Å²) in [6, 6.07) is 0. The fourth-order valence-electron chi connectivity index (χ4n) is 1.95. The standard InChI is InChI=1S/C8H12F2/c9-8(10)6-7(8)4-2-1-3-5-7/h1-6H2/i1D. The van der Waals surface area contributed by atoms with Gasteiger partial charge in [0.1, 0.15) is 0 Å². The predicted molar refractivity (Wildman–Crippen MR) is 35.1 cm³/mol. The average Bonchev–Trinajstić information content (AvgIpc) is 2.44. The smallest absolute Gasteiger partial charge is 0.206 e. The highest BCUT2D eigenvalue weighted by atomic mass is 19.3. The van der Waals surface area contributed by atoms with Crippen molar-refractivity contribution in [1.29, 1.82) is 0 Å². The van der Waals surface area contributed by atoms with Gasteiger partial charge in [0, 0.05) is 13.2 Å². The van der Waals surface area contributed by atoms with E-state index in [0.717, 1.165) is 0 Å². The average molecular weight is 147 g/mol. The van der Waals surface area contributed by atoms with E-state index < -0.39 is 11.3 Å². The minimum atomic E-state index is -2.38. The van der Waals surface area contributed by atoms with Crippen molar-refractivity contribution in [2.24, 2.45) is 5.41 Å². The highest BCUT2D eigenvalue weighted by Crippen LogP contribution is 2.67. The Kier molecular flexibility index (Phi) is 0.944. The third-order valence-electron chi connectivity index (χ3n) is 2.87. The molecule has 2 fully saturated rings. The van der Waals surface area contributed by atoms with Crippen LogP contribution in [0.25, 0.3) is 0 Å². The summed E-state index contributed by atoms with van der Waals surface area (Å²) in [5.74, 6) is -2.38. The molecule has 0 saturated heterocycles. The molecule has 58 valence electrons. The molecule has 0 radical (unpaired) electrons. The zero-order valence-corrected chi connectivity index (χ0v) is 5.87. The van der Waals surface area contributed by atoms with Gasteiger partial charge >= 0.3 is 0 Å². The zero-order chi connectivity index (χ0) is 8.11. The van der Waals surface area contributed by atoms with Crippen molar-refractivity contribution < 1.29 is 10.2 Å². The Hall–Kier alpha value is -0.140. The molecule has 0 aliphatic heterocycles. The third kappa shape index (κ3) is 0.708. The maximum Gasteiger partial charge on any atom is 0.254 e. The first kappa shape index (κ1) is 5.50.